The highest BCUT2D eigenvalue weighted by Crippen LogP contribution is 2.46. The van der Waals surface area contributed by atoms with E-state index in [1.165, 1.54) is 0 Å². The van der Waals surface area contributed by atoms with Gasteiger partial charge in [0, 0.05) is 18.0 Å². The summed E-state index contributed by atoms with van der Waals surface area (Å²) in [5.74, 6) is -0.959. The molecule has 1 saturated heterocycles. The maximum Gasteiger partial charge on any atom is 0.408 e. The van der Waals surface area contributed by atoms with Crippen molar-refractivity contribution in [3.63, 3.8) is 0 Å². The molecule has 3 amide bonds. The average Bonchev–Trinajstić information content (AvgIpc) is 3.80. The number of fused-ring (bicyclic) bond motifs is 1. The van der Waals surface area contributed by atoms with Gasteiger partial charge in [-0.1, -0.05) is 13.3 Å². The van der Waals surface area contributed by atoms with Crippen molar-refractivity contribution in [2.75, 3.05) is 13.7 Å². The fraction of sp³-hybridized carbons (Fsp3) is 0.520. The van der Waals surface area contributed by atoms with E-state index in [-0.39, 0.29) is 31.2 Å². The minimum absolute atomic E-state index is 0.0178. The van der Waals surface area contributed by atoms with Gasteiger partial charge in [0.2, 0.25) is 11.8 Å². The molecule has 1 aliphatic heterocycles. The summed E-state index contributed by atoms with van der Waals surface area (Å²) in [5, 5.41) is 14.0. The number of hydrogen-bond donors (Lipinski definition) is 3. The van der Waals surface area contributed by atoms with Gasteiger partial charge in [-0.05, 0) is 54.8 Å². The number of benzene rings is 1. The van der Waals surface area contributed by atoms with Crippen LogP contribution in [0.25, 0.3) is 10.8 Å². The van der Waals surface area contributed by atoms with Gasteiger partial charge in [-0.3, -0.25) is 18.7 Å². The predicted molar refractivity (Wildman–Crippen MR) is 136 cm³/mol. The van der Waals surface area contributed by atoms with Crippen molar-refractivity contribution in [1.29, 1.82) is 0 Å². The minimum atomic E-state index is -4.33. The van der Waals surface area contributed by atoms with Crippen LogP contribution in [-0.4, -0.2) is 78.8 Å². The molecule has 1 aromatic carbocycles. The first-order valence-electron chi connectivity index (χ1n) is 12.7. The van der Waals surface area contributed by atoms with Gasteiger partial charge in [-0.25, -0.2) is 14.5 Å². The number of nitrogens with zero attached hydrogens (tertiary/aromatic N) is 2. The molecule has 4 unspecified atom stereocenters. The van der Waals surface area contributed by atoms with E-state index >= 15 is 0 Å². The summed E-state index contributed by atoms with van der Waals surface area (Å²) >= 11 is 0. The Hall–Kier alpha value is -3.65. The summed E-state index contributed by atoms with van der Waals surface area (Å²) in [6.45, 7) is 1.72. The molecule has 2 saturated carbocycles. The lowest BCUT2D eigenvalue weighted by Crippen LogP contribution is -2.56. The SMILES string of the molecule is CCC1CC1(NC(=O)C1CC(Oc2nccc3cc(OC)ccc23)CN1C(=O)O)C(=O)NS(=O)(=O)OC1CC1. The summed E-state index contributed by atoms with van der Waals surface area (Å²) in [6, 6.07) is 6.00. The highest BCUT2D eigenvalue weighted by atomic mass is 32.2. The molecule has 0 bridgehead atoms. The molecule has 14 heteroatoms. The van der Waals surface area contributed by atoms with Gasteiger partial charge in [0.15, 0.2) is 0 Å². The van der Waals surface area contributed by atoms with Crippen molar-refractivity contribution in [1.82, 2.24) is 19.9 Å². The van der Waals surface area contributed by atoms with E-state index < -0.39 is 52.0 Å². The maximum absolute atomic E-state index is 13.4. The van der Waals surface area contributed by atoms with Gasteiger partial charge in [0.05, 0.1) is 19.8 Å². The first kappa shape index (κ1) is 26.9. The van der Waals surface area contributed by atoms with Crippen molar-refractivity contribution < 1.29 is 41.6 Å². The molecular formula is C25H30N4O9S. The number of pyridine rings is 1. The molecule has 0 radical (unpaired) electrons. The van der Waals surface area contributed by atoms with E-state index in [2.05, 4.69) is 10.3 Å². The number of aromatic nitrogens is 1. The molecule has 0 spiro atoms. The largest absolute Gasteiger partial charge is 0.497 e. The van der Waals surface area contributed by atoms with E-state index in [0.717, 1.165) is 10.3 Å². The number of likely N-dealkylation sites (tertiary alicyclic amines) is 1. The van der Waals surface area contributed by atoms with Crippen LogP contribution in [-0.2, 0) is 24.1 Å². The molecule has 3 aliphatic rings. The van der Waals surface area contributed by atoms with Crippen LogP contribution in [0.2, 0.25) is 0 Å². The third-order valence-corrected chi connectivity index (χ3v) is 8.34. The average molecular weight is 563 g/mol. The van der Waals surface area contributed by atoms with Crippen LogP contribution >= 0.6 is 0 Å². The Balaban J connectivity index is 1.30. The molecule has 5 rings (SSSR count). The summed E-state index contributed by atoms with van der Waals surface area (Å²) < 4.78 is 42.5. The van der Waals surface area contributed by atoms with Gasteiger partial charge in [-0.2, -0.15) is 8.42 Å². The Labute approximate surface area is 225 Å². The standard InChI is InChI=1S/C25H30N4O9S/c1-3-15-12-25(15,23(31)28-39(34,35)38-16-4-5-16)27-21(30)20-11-18(13-29(20)24(32)33)37-22-19-7-6-17(36-2)10-14(19)8-9-26-22/h6-10,15-16,18,20H,3-5,11-13H2,1-2H3,(H,27,30)(H,28,31)(H,32,33). The topological polar surface area (TPSA) is 173 Å². The van der Waals surface area contributed by atoms with Gasteiger partial charge in [0.25, 0.3) is 5.91 Å². The number of hydrogen-bond acceptors (Lipinski definition) is 9. The zero-order valence-corrected chi connectivity index (χ0v) is 22.3. The maximum atomic E-state index is 13.4. The number of amides is 3. The van der Waals surface area contributed by atoms with Gasteiger partial charge < -0.3 is 19.9 Å². The highest BCUT2D eigenvalue weighted by molar-refractivity contribution is 7.85. The van der Waals surface area contributed by atoms with Crippen LogP contribution in [0.3, 0.4) is 0 Å². The lowest BCUT2D eigenvalue weighted by molar-refractivity contribution is -0.131. The molecular weight excluding hydrogens is 532 g/mol. The number of ether oxygens (including phenoxy) is 2. The lowest BCUT2D eigenvalue weighted by Gasteiger charge is -2.24. The number of rotatable bonds is 10. The molecule has 210 valence electrons. The number of methoxy groups -OCH3 is 1. The lowest BCUT2D eigenvalue weighted by atomic mass is 10.1. The van der Waals surface area contributed by atoms with Gasteiger partial charge in [0.1, 0.15) is 23.4 Å². The zero-order valence-electron chi connectivity index (χ0n) is 21.5. The molecule has 39 heavy (non-hydrogen) atoms. The second kappa shape index (κ2) is 10.2. The minimum Gasteiger partial charge on any atom is -0.497 e. The quantitative estimate of drug-likeness (QED) is 0.386. The Morgan fingerprint density at radius 3 is 2.62 bits per heavy atom. The smallest absolute Gasteiger partial charge is 0.408 e. The monoisotopic (exact) mass is 562 g/mol. The van der Waals surface area contributed by atoms with Crippen LogP contribution in [0.4, 0.5) is 4.79 Å². The summed E-state index contributed by atoms with van der Waals surface area (Å²) in [6.07, 6.45) is 1.04. The number of carbonyl (C=O) groups excluding carboxylic acids is 2. The van der Waals surface area contributed by atoms with Crippen LogP contribution in [0.15, 0.2) is 30.5 Å². The molecule has 3 N–H and O–H groups in total. The van der Waals surface area contributed by atoms with Crippen LogP contribution in [0.5, 0.6) is 11.6 Å². The van der Waals surface area contributed by atoms with Gasteiger partial charge >= 0.3 is 16.4 Å². The molecule has 2 heterocycles. The molecule has 2 aromatic rings. The van der Waals surface area contributed by atoms with E-state index in [1.807, 2.05) is 17.7 Å². The first-order valence-corrected chi connectivity index (χ1v) is 14.1. The molecule has 2 aliphatic carbocycles. The summed E-state index contributed by atoms with van der Waals surface area (Å²) in [5.41, 5.74) is -1.47. The van der Waals surface area contributed by atoms with Crippen molar-refractivity contribution in [2.24, 2.45) is 5.92 Å². The van der Waals surface area contributed by atoms with E-state index in [0.29, 0.717) is 30.4 Å². The predicted octanol–water partition coefficient (Wildman–Crippen LogP) is 1.57. The normalized spacial score (nSPS) is 26.2. The Morgan fingerprint density at radius 1 is 1.21 bits per heavy atom. The fourth-order valence-corrected chi connectivity index (χ4v) is 6.04. The third kappa shape index (κ3) is 5.57. The summed E-state index contributed by atoms with van der Waals surface area (Å²) in [4.78, 5) is 43.6. The molecule has 4 atom stereocenters. The van der Waals surface area contributed by atoms with Crippen LogP contribution in [0.1, 0.15) is 39.0 Å². The first-order chi connectivity index (χ1) is 18.5. The van der Waals surface area contributed by atoms with Crippen LogP contribution < -0.4 is 19.5 Å². The third-order valence-electron chi connectivity index (χ3n) is 7.38. The summed E-state index contributed by atoms with van der Waals surface area (Å²) in [7, 11) is -2.77. The highest BCUT2D eigenvalue weighted by Gasteiger charge is 2.62. The van der Waals surface area contributed by atoms with E-state index in [1.54, 1.807) is 31.5 Å². The van der Waals surface area contributed by atoms with Crippen LogP contribution in [0, 0.1) is 5.92 Å². The van der Waals surface area contributed by atoms with Crippen molar-refractivity contribution in [3.8, 4) is 11.6 Å². The fourth-order valence-electron chi connectivity index (χ4n) is 5.04. The Kier molecular flexibility index (Phi) is 7.01. The Bertz CT molecular complexity index is 1410. The number of carboxylic acid groups (broad SMARTS) is 1. The zero-order chi connectivity index (χ0) is 27.9. The van der Waals surface area contributed by atoms with E-state index in [9.17, 15) is 27.9 Å². The van der Waals surface area contributed by atoms with Crippen molar-refractivity contribution in [2.45, 2.75) is 62.8 Å². The van der Waals surface area contributed by atoms with E-state index in [4.69, 9.17) is 13.7 Å². The molecule has 13 nitrogen and oxygen atoms in total. The van der Waals surface area contributed by atoms with Crippen molar-refractivity contribution in [3.05, 3.63) is 30.5 Å². The number of nitrogens with one attached hydrogen (secondary N) is 2. The van der Waals surface area contributed by atoms with Crippen molar-refractivity contribution >= 4 is 39.0 Å². The van der Waals surface area contributed by atoms with Gasteiger partial charge in [-0.15, -0.1) is 0 Å². The molecule has 1 aromatic heterocycles. The Morgan fingerprint density at radius 2 is 1.97 bits per heavy atom. The second-order valence-electron chi connectivity index (χ2n) is 10.1. The second-order valence-corrected chi connectivity index (χ2v) is 11.4. The number of carbonyl (C=O) groups is 3. The molecule has 3 fully saturated rings.